The van der Waals surface area contributed by atoms with Crippen LogP contribution in [0.25, 0.3) is 0 Å². The standard InChI is InChI=1S/C11H7F4N3/c12-7-9(8(13)11(15)18-10(7)14)17-6-3-1-5(16)2-4-6/h1-4H,16H2,(H,17,18). The van der Waals surface area contributed by atoms with Crippen molar-refractivity contribution in [3.05, 3.63) is 47.8 Å². The van der Waals surface area contributed by atoms with Crippen LogP contribution in [0.5, 0.6) is 0 Å². The first-order chi connectivity index (χ1) is 8.49. The second kappa shape index (κ2) is 4.52. The molecule has 1 heterocycles. The number of halogens is 4. The van der Waals surface area contributed by atoms with E-state index in [1.807, 2.05) is 0 Å². The number of aromatic nitrogens is 1. The van der Waals surface area contributed by atoms with Gasteiger partial charge in [0.05, 0.1) is 0 Å². The number of nitrogens with one attached hydrogen (secondary N) is 1. The van der Waals surface area contributed by atoms with Crippen LogP contribution in [0, 0.1) is 23.5 Å². The third kappa shape index (κ3) is 2.20. The highest BCUT2D eigenvalue weighted by Crippen LogP contribution is 2.26. The van der Waals surface area contributed by atoms with Gasteiger partial charge >= 0.3 is 0 Å². The molecule has 18 heavy (non-hydrogen) atoms. The van der Waals surface area contributed by atoms with Gasteiger partial charge in [0, 0.05) is 11.4 Å². The molecular weight excluding hydrogens is 250 g/mol. The molecule has 2 aromatic rings. The Morgan fingerprint density at radius 3 is 1.89 bits per heavy atom. The molecular formula is C11H7F4N3. The van der Waals surface area contributed by atoms with Crippen LogP contribution in [0.15, 0.2) is 24.3 Å². The summed E-state index contributed by atoms with van der Waals surface area (Å²) < 4.78 is 52.2. The molecule has 0 atom stereocenters. The summed E-state index contributed by atoms with van der Waals surface area (Å²) in [4.78, 5) is 2.45. The number of nitrogens with zero attached hydrogens (tertiary/aromatic N) is 1. The molecule has 0 saturated heterocycles. The first-order valence-corrected chi connectivity index (χ1v) is 4.81. The number of nitrogen functional groups attached to an aromatic ring is 1. The topological polar surface area (TPSA) is 50.9 Å². The highest BCUT2D eigenvalue weighted by atomic mass is 19.2. The van der Waals surface area contributed by atoms with Crippen LogP contribution in [0.3, 0.4) is 0 Å². The number of nitrogens with two attached hydrogens (primary N) is 1. The van der Waals surface area contributed by atoms with Crippen LogP contribution in [0.2, 0.25) is 0 Å². The Labute approximate surface area is 99.3 Å². The summed E-state index contributed by atoms with van der Waals surface area (Å²) in [7, 11) is 0. The smallest absolute Gasteiger partial charge is 0.253 e. The zero-order valence-corrected chi connectivity index (χ0v) is 8.85. The lowest BCUT2D eigenvalue weighted by atomic mass is 10.2. The van der Waals surface area contributed by atoms with E-state index in [-0.39, 0.29) is 5.69 Å². The summed E-state index contributed by atoms with van der Waals surface area (Å²) in [5, 5.41) is 2.22. The van der Waals surface area contributed by atoms with E-state index in [1.54, 1.807) is 0 Å². The molecule has 3 N–H and O–H groups in total. The van der Waals surface area contributed by atoms with Crippen LogP contribution in [0.4, 0.5) is 34.6 Å². The quantitative estimate of drug-likeness (QED) is 0.494. The first-order valence-electron chi connectivity index (χ1n) is 4.81. The average molecular weight is 257 g/mol. The van der Waals surface area contributed by atoms with Gasteiger partial charge < -0.3 is 11.1 Å². The lowest BCUT2D eigenvalue weighted by molar-refractivity contribution is 0.411. The third-order valence-electron chi connectivity index (χ3n) is 2.18. The van der Waals surface area contributed by atoms with Crippen molar-refractivity contribution >= 4 is 17.1 Å². The van der Waals surface area contributed by atoms with E-state index >= 15 is 0 Å². The third-order valence-corrected chi connectivity index (χ3v) is 2.18. The van der Waals surface area contributed by atoms with E-state index < -0.39 is 29.2 Å². The van der Waals surface area contributed by atoms with Crippen LogP contribution in [-0.2, 0) is 0 Å². The summed E-state index contributed by atoms with van der Waals surface area (Å²) in [5.41, 5.74) is 5.15. The minimum atomic E-state index is -1.72. The Hall–Kier alpha value is -2.31. The predicted molar refractivity (Wildman–Crippen MR) is 58.2 cm³/mol. The average Bonchev–Trinajstić information content (AvgIpc) is 2.34. The molecule has 0 radical (unpaired) electrons. The number of benzene rings is 1. The van der Waals surface area contributed by atoms with Gasteiger partial charge in [0.25, 0.3) is 11.9 Å². The highest BCUT2D eigenvalue weighted by molar-refractivity contribution is 5.62. The van der Waals surface area contributed by atoms with Gasteiger partial charge in [-0.3, -0.25) is 0 Å². The van der Waals surface area contributed by atoms with E-state index in [1.165, 1.54) is 24.3 Å². The van der Waals surface area contributed by atoms with Gasteiger partial charge in [-0.05, 0) is 24.3 Å². The summed E-state index contributed by atoms with van der Waals surface area (Å²) >= 11 is 0. The Morgan fingerprint density at radius 1 is 0.889 bits per heavy atom. The number of anilines is 3. The second-order valence-electron chi connectivity index (χ2n) is 3.44. The SMILES string of the molecule is Nc1ccc(Nc2c(F)c(F)nc(F)c2F)cc1. The minimum Gasteiger partial charge on any atom is -0.399 e. The predicted octanol–water partition coefficient (Wildman–Crippen LogP) is 2.96. The van der Waals surface area contributed by atoms with Gasteiger partial charge in [0.15, 0.2) is 0 Å². The summed E-state index contributed by atoms with van der Waals surface area (Å²) in [6.07, 6.45) is 0. The maximum atomic E-state index is 13.3. The van der Waals surface area contributed by atoms with Crippen LogP contribution in [0.1, 0.15) is 0 Å². The second-order valence-corrected chi connectivity index (χ2v) is 3.44. The monoisotopic (exact) mass is 257 g/mol. The normalized spacial score (nSPS) is 10.4. The van der Waals surface area contributed by atoms with Crippen molar-refractivity contribution in [3.8, 4) is 0 Å². The van der Waals surface area contributed by atoms with E-state index in [2.05, 4.69) is 10.3 Å². The van der Waals surface area contributed by atoms with E-state index in [4.69, 9.17) is 5.73 Å². The van der Waals surface area contributed by atoms with Crippen molar-refractivity contribution in [2.24, 2.45) is 0 Å². The van der Waals surface area contributed by atoms with Crippen molar-refractivity contribution in [2.45, 2.75) is 0 Å². The zero-order valence-electron chi connectivity index (χ0n) is 8.85. The summed E-state index contributed by atoms with van der Waals surface area (Å²) in [5.74, 6) is -6.62. The van der Waals surface area contributed by atoms with Gasteiger partial charge in [-0.2, -0.15) is 22.5 Å². The van der Waals surface area contributed by atoms with E-state index in [0.717, 1.165) is 0 Å². The van der Waals surface area contributed by atoms with Gasteiger partial charge in [-0.1, -0.05) is 0 Å². The molecule has 2 rings (SSSR count). The largest absolute Gasteiger partial charge is 0.399 e. The molecule has 1 aromatic carbocycles. The molecule has 0 fully saturated rings. The maximum Gasteiger partial charge on any atom is 0.253 e. The fourth-order valence-corrected chi connectivity index (χ4v) is 1.31. The molecule has 0 aliphatic carbocycles. The van der Waals surface area contributed by atoms with Crippen molar-refractivity contribution in [1.29, 1.82) is 0 Å². The lowest BCUT2D eigenvalue weighted by Gasteiger charge is -2.09. The van der Waals surface area contributed by atoms with Crippen molar-refractivity contribution in [3.63, 3.8) is 0 Å². The highest BCUT2D eigenvalue weighted by Gasteiger charge is 2.20. The van der Waals surface area contributed by atoms with Gasteiger partial charge in [-0.15, -0.1) is 0 Å². The number of rotatable bonds is 2. The summed E-state index contributed by atoms with van der Waals surface area (Å²) in [6, 6.07) is 5.74. The molecule has 0 aliphatic rings. The molecule has 0 unspecified atom stereocenters. The zero-order chi connectivity index (χ0) is 13.3. The van der Waals surface area contributed by atoms with Crippen LogP contribution < -0.4 is 11.1 Å². The molecule has 0 saturated carbocycles. The maximum absolute atomic E-state index is 13.3. The Morgan fingerprint density at radius 2 is 1.39 bits per heavy atom. The molecule has 94 valence electrons. The molecule has 0 amide bonds. The Balaban J connectivity index is 2.42. The Bertz CT molecular complexity index is 558. The fraction of sp³-hybridized carbons (Fsp3) is 0. The van der Waals surface area contributed by atoms with Crippen molar-refractivity contribution in [2.75, 3.05) is 11.1 Å². The molecule has 1 aromatic heterocycles. The van der Waals surface area contributed by atoms with Gasteiger partial charge in [-0.25, -0.2) is 0 Å². The first kappa shape index (κ1) is 12.2. The van der Waals surface area contributed by atoms with Gasteiger partial charge in [0.1, 0.15) is 5.69 Å². The van der Waals surface area contributed by atoms with Crippen molar-refractivity contribution < 1.29 is 17.6 Å². The van der Waals surface area contributed by atoms with Crippen LogP contribution in [-0.4, -0.2) is 4.98 Å². The number of pyridine rings is 1. The molecule has 0 spiro atoms. The minimum absolute atomic E-state index is 0.229. The summed E-state index contributed by atoms with van der Waals surface area (Å²) in [6.45, 7) is 0. The molecule has 7 heteroatoms. The van der Waals surface area contributed by atoms with Gasteiger partial charge in [0.2, 0.25) is 11.6 Å². The van der Waals surface area contributed by atoms with Crippen LogP contribution >= 0.6 is 0 Å². The van der Waals surface area contributed by atoms with Crippen molar-refractivity contribution in [1.82, 2.24) is 4.98 Å². The molecule has 0 aliphatic heterocycles. The Kier molecular flexibility index (Phi) is 3.05. The number of hydrogen-bond donors (Lipinski definition) is 2. The fourth-order valence-electron chi connectivity index (χ4n) is 1.31. The number of hydrogen-bond acceptors (Lipinski definition) is 3. The molecule has 0 bridgehead atoms. The molecule has 3 nitrogen and oxygen atoms in total. The lowest BCUT2D eigenvalue weighted by Crippen LogP contribution is -2.06. The van der Waals surface area contributed by atoms with E-state index in [0.29, 0.717) is 5.69 Å². The van der Waals surface area contributed by atoms with E-state index in [9.17, 15) is 17.6 Å².